The van der Waals surface area contributed by atoms with Crippen molar-refractivity contribution >= 4 is 21.9 Å². The van der Waals surface area contributed by atoms with E-state index in [1.54, 1.807) is 12.5 Å². The highest BCUT2D eigenvalue weighted by Crippen LogP contribution is 2.31. The lowest BCUT2D eigenvalue weighted by Crippen LogP contribution is -1.95. The fourth-order valence-corrected chi connectivity index (χ4v) is 3.81. The van der Waals surface area contributed by atoms with Gasteiger partial charge in [-0.1, -0.05) is 48.5 Å². The van der Waals surface area contributed by atoms with Crippen LogP contribution < -0.4 is 0 Å². The van der Waals surface area contributed by atoms with Crippen LogP contribution in [0, 0.1) is 0 Å². The predicted octanol–water partition coefficient (Wildman–Crippen LogP) is 6.17. The van der Waals surface area contributed by atoms with Crippen molar-refractivity contribution in [3.05, 3.63) is 97.6 Å². The molecular formula is C26H16N4O. The first kappa shape index (κ1) is 17.5. The van der Waals surface area contributed by atoms with Crippen molar-refractivity contribution in [1.82, 2.24) is 19.9 Å². The Kier molecular flexibility index (Phi) is 4.03. The van der Waals surface area contributed by atoms with Crippen LogP contribution in [0.5, 0.6) is 0 Å². The summed E-state index contributed by atoms with van der Waals surface area (Å²) in [6.07, 6.45) is 5.17. The Morgan fingerprint density at radius 1 is 0.581 bits per heavy atom. The number of para-hydroxylation sites is 1. The van der Waals surface area contributed by atoms with Crippen LogP contribution in [0.4, 0.5) is 0 Å². The molecule has 0 aliphatic carbocycles. The highest BCUT2D eigenvalue weighted by Gasteiger charge is 2.11. The molecule has 0 N–H and O–H groups in total. The number of rotatable bonds is 3. The van der Waals surface area contributed by atoms with Gasteiger partial charge in [-0.15, -0.1) is 0 Å². The molecule has 0 radical (unpaired) electrons. The average Bonchev–Trinajstić information content (AvgIpc) is 3.23. The van der Waals surface area contributed by atoms with Gasteiger partial charge in [0.25, 0.3) is 0 Å². The summed E-state index contributed by atoms with van der Waals surface area (Å²) >= 11 is 0. The van der Waals surface area contributed by atoms with Crippen LogP contribution in [0.3, 0.4) is 0 Å². The number of hydrogen-bond donors (Lipinski definition) is 0. The fraction of sp³-hybridized carbons (Fsp3) is 0. The van der Waals surface area contributed by atoms with E-state index in [9.17, 15) is 0 Å². The van der Waals surface area contributed by atoms with Gasteiger partial charge in [0.2, 0.25) is 0 Å². The SMILES string of the molecule is c1cncc(-c2cccc(-c3ncnc(-c4ccc5c(c4)oc4ccccc45)n3)c2)c1. The molecular weight excluding hydrogens is 384 g/mol. The number of pyridine rings is 1. The van der Waals surface area contributed by atoms with Gasteiger partial charge in [-0.2, -0.15) is 0 Å². The Morgan fingerprint density at radius 2 is 1.35 bits per heavy atom. The van der Waals surface area contributed by atoms with E-state index in [0.29, 0.717) is 11.6 Å². The Balaban J connectivity index is 1.42. The minimum Gasteiger partial charge on any atom is -0.456 e. The van der Waals surface area contributed by atoms with E-state index in [1.165, 1.54) is 0 Å². The predicted molar refractivity (Wildman–Crippen MR) is 121 cm³/mol. The first-order valence-electron chi connectivity index (χ1n) is 9.97. The molecule has 0 fully saturated rings. The Bertz CT molecular complexity index is 1540. The molecule has 0 unspecified atom stereocenters. The van der Waals surface area contributed by atoms with Gasteiger partial charge in [0.15, 0.2) is 11.6 Å². The normalized spacial score (nSPS) is 11.2. The highest BCUT2D eigenvalue weighted by molar-refractivity contribution is 6.05. The number of fused-ring (bicyclic) bond motifs is 3. The lowest BCUT2D eigenvalue weighted by atomic mass is 10.0. The summed E-state index contributed by atoms with van der Waals surface area (Å²) in [5.74, 6) is 1.24. The minimum atomic E-state index is 0.610. The summed E-state index contributed by atoms with van der Waals surface area (Å²) in [4.78, 5) is 17.7. The average molecular weight is 400 g/mol. The molecule has 31 heavy (non-hydrogen) atoms. The Hall–Kier alpha value is -4.38. The van der Waals surface area contributed by atoms with E-state index in [2.05, 4.69) is 39.2 Å². The number of benzene rings is 3. The van der Waals surface area contributed by atoms with Crippen molar-refractivity contribution in [2.75, 3.05) is 0 Å². The third-order valence-electron chi connectivity index (χ3n) is 5.32. The number of nitrogens with zero attached hydrogens (tertiary/aromatic N) is 4. The van der Waals surface area contributed by atoms with E-state index in [1.807, 2.05) is 60.8 Å². The molecule has 0 saturated heterocycles. The molecule has 5 nitrogen and oxygen atoms in total. The molecule has 0 atom stereocenters. The van der Waals surface area contributed by atoms with Gasteiger partial charge in [0, 0.05) is 39.9 Å². The number of aromatic nitrogens is 4. The van der Waals surface area contributed by atoms with Gasteiger partial charge in [-0.05, 0) is 35.9 Å². The van der Waals surface area contributed by atoms with Crippen LogP contribution in [-0.2, 0) is 0 Å². The lowest BCUT2D eigenvalue weighted by Gasteiger charge is -2.06. The van der Waals surface area contributed by atoms with Gasteiger partial charge >= 0.3 is 0 Å². The summed E-state index contributed by atoms with van der Waals surface area (Å²) < 4.78 is 6.02. The van der Waals surface area contributed by atoms with Crippen LogP contribution in [0.15, 0.2) is 102 Å². The molecule has 0 amide bonds. The molecule has 5 heteroatoms. The Morgan fingerprint density at radius 3 is 2.23 bits per heavy atom. The van der Waals surface area contributed by atoms with Gasteiger partial charge in [0.1, 0.15) is 17.5 Å². The molecule has 0 aliphatic rings. The third-order valence-corrected chi connectivity index (χ3v) is 5.32. The standard InChI is InChI=1S/C26H16N4O/c1-2-9-23-21(8-1)22-11-10-19(14-24(22)31-23)26-29-16-28-25(30-26)18-6-3-5-17(13-18)20-7-4-12-27-15-20/h1-16H. The van der Waals surface area contributed by atoms with E-state index >= 15 is 0 Å². The van der Waals surface area contributed by atoms with Gasteiger partial charge in [-0.25, -0.2) is 15.0 Å². The van der Waals surface area contributed by atoms with E-state index in [-0.39, 0.29) is 0 Å². The van der Waals surface area contributed by atoms with E-state index < -0.39 is 0 Å². The molecule has 3 aromatic heterocycles. The zero-order valence-corrected chi connectivity index (χ0v) is 16.4. The zero-order valence-electron chi connectivity index (χ0n) is 16.4. The van der Waals surface area contributed by atoms with Gasteiger partial charge < -0.3 is 4.42 Å². The topological polar surface area (TPSA) is 64.7 Å². The molecule has 0 spiro atoms. The quantitative estimate of drug-likeness (QED) is 0.356. The second-order valence-corrected chi connectivity index (χ2v) is 7.26. The second-order valence-electron chi connectivity index (χ2n) is 7.26. The molecule has 3 heterocycles. The second kappa shape index (κ2) is 7.15. The van der Waals surface area contributed by atoms with Crippen molar-refractivity contribution in [3.63, 3.8) is 0 Å². The summed E-state index contributed by atoms with van der Waals surface area (Å²) in [5, 5.41) is 2.19. The largest absolute Gasteiger partial charge is 0.456 e. The lowest BCUT2D eigenvalue weighted by molar-refractivity contribution is 0.669. The summed E-state index contributed by atoms with van der Waals surface area (Å²) in [5.41, 5.74) is 5.62. The van der Waals surface area contributed by atoms with Crippen LogP contribution in [0.25, 0.3) is 55.8 Å². The van der Waals surface area contributed by atoms with Crippen LogP contribution in [-0.4, -0.2) is 19.9 Å². The molecule has 0 bridgehead atoms. The molecule has 6 rings (SSSR count). The van der Waals surface area contributed by atoms with Crippen molar-refractivity contribution in [2.24, 2.45) is 0 Å². The summed E-state index contributed by atoms with van der Waals surface area (Å²) in [7, 11) is 0. The van der Waals surface area contributed by atoms with Gasteiger partial charge in [-0.3, -0.25) is 4.98 Å². The van der Waals surface area contributed by atoms with E-state index in [0.717, 1.165) is 44.2 Å². The zero-order chi connectivity index (χ0) is 20.6. The van der Waals surface area contributed by atoms with Crippen molar-refractivity contribution in [1.29, 1.82) is 0 Å². The monoisotopic (exact) mass is 400 g/mol. The molecule has 146 valence electrons. The van der Waals surface area contributed by atoms with E-state index in [4.69, 9.17) is 9.40 Å². The van der Waals surface area contributed by atoms with Crippen LogP contribution in [0.2, 0.25) is 0 Å². The number of furan rings is 1. The smallest absolute Gasteiger partial charge is 0.163 e. The fourth-order valence-electron chi connectivity index (χ4n) is 3.81. The Labute approximate surface area is 178 Å². The maximum Gasteiger partial charge on any atom is 0.163 e. The first-order valence-corrected chi connectivity index (χ1v) is 9.97. The number of hydrogen-bond acceptors (Lipinski definition) is 5. The summed E-state index contributed by atoms with van der Waals surface area (Å²) in [6.45, 7) is 0. The molecule has 0 saturated carbocycles. The van der Waals surface area contributed by atoms with Gasteiger partial charge in [0.05, 0.1) is 0 Å². The maximum absolute atomic E-state index is 6.02. The summed E-state index contributed by atoms with van der Waals surface area (Å²) in [6, 6.07) is 26.2. The first-order chi connectivity index (χ1) is 15.3. The molecule has 6 aromatic rings. The van der Waals surface area contributed by atoms with Crippen molar-refractivity contribution in [3.8, 4) is 33.9 Å². The third kappa shape index (κ3) is 3.13. The minimum absolute atomic E-state index is 0.610. The van der Waals surface area contributed by atoms with Crippen molar-refractivity contribution in [2.45, 2.75) is 0 Å². The van der Waals surface area contributed by atoms with Crippen molar-refractivity contribution < 1.29 is 4.42 Å². The maximum atomic E-state index is 6.02. The van der Waals surface area contributed by atoms with Crippen LogP contribution >= 0.6 is 0 Å². The molecule has 3 aromatic carbocycles. The highest BCUT2D eigenvalue weighted by atomic mass is 16.3. The molecule has 0 aliphatic heterocycles. The van der Waals surface area contributed by atoms with Crippen LogP contribution in [0.1, 0.15) is 0 Å².